The molecule has 27 heavy (non-hydrogen) atoms. The minimum absolute atomic E-state index is 0.0312. The number of aromatic nitrogens is 3. The van der Waals surface area contributed by atoms with Crippen molar-refractivity contribution >= 4 is 22.8 Å². The molecule has 2 aromatic heterocycles. The highest BCUT2D eigenvalue weighted by Gasteiger charge is 2.36. The fourth-order valence-electron chi connectivity index (χ4n) is 4.29. The first kappa shape index (κ1) is 15.8. The van der Waals surface area contributed by atoms with E-state index in [0.717, 1.165) is 52.8 Å². The van der Waals surface area contributed by atoms with E-state index in [9.17, 15) is 10.1 Å². The van der Waals surface area contributed by atoms with Crippen LogP contribution >= 0.6 is 0 Å². The number of rotatable bonds is 2. The quantitative estimate of drug-likeness (QED) is 0.711. The first-order valence-electron chi connectivity index (χ1n) is 9.16. The lowest BCUT2D eigenvalue weighted by atomic mass is 9.99. The number of H-pyrrole nitrogens is 1. The molecule has 134 valence electrons. The molecule has 3 aromatic rings. The van der Waals surface area contributed by atoms with Gasteiger partial charge in [0.2, 0.25) is 5.91 Å². The number of benzene rings is 1. The molecule has 1 fully saturated rings. The Morgan fingerprint density at radius 1 is 1.22 bits per heavy atom. The smallest absolute Gasteiger partial charge is 0.250 e. The van der Waals surface area contributed by atoms with Gasteiger partial charge in [-0.15, -0.1) is 0 Å². The van der Waals surface area contributed by atoms with Gasteiger partial charge in [0.1, 0.15) is 11.6 Å². The van der Waals surface area contributed by atoms with Gasteiger partial charge in [-0.2, -0.15) is 5.26 Å². The van der Waals surface area contributed by atoms with Crippen molar-refractivity contribution in [3.05, 3.63) is 42.4 Å². The number of aromatic amines is 1. The third-order valence-electron chi connectivity index (χ3n) is 5.56. The lowest BCUT2D eigenvalue weighted by Gasteiger charge is -2.25. The molecule has 0 bridgehead atoms. The predicted octanol–water partition coefficient (Wildman–Crippen LogP) is 2.46. The Bertz CT molecular complexity index is 1080. The van der Waals surface area contributed by atoms with Crippen LogP contribution in [-0.4, -0.2) is 44.9 Å². The van der Waals surface area contributed by atoms with Crippen LogP contribution in [0.25, 0.3) is 22.3 Å². The van der Waals surface area contributed by atoms with E-state index >= 15 is 0 Å². The summed E-state index contributed by atoms with van der Waals surface area (Å²) >= 11 is 0. The summed E-state index contributed by atoms with van der Waals surface area (Å²) in [7, 11) is 0. The average Bonchev–Trinajstić information content (AvgIpc) is 3.44. The molecule has 5 rings (SSSR count). The van der Waals surface area contributed by atoms with Gasteiger partial charge in [0, 0.05) is 42.9 Å². The van der Waals surface area contributed by atoms with E-state index in [1.807, 2.05) is 23.2 Å². The maximum atomic E-state index is 13.1. The topological polar surface area (TPSA) is 88.9 Å². The fraction of sp³-hybridized carbons (Fsp3) is 0.300. The Balaban J connectivity index is 1.55. The Labute approximate surface area is 156 Å². The highest BCUT2D eigenvalue weighted by Crippen LogP contribution is 2.39. The van der Waals surface area contributed by atoms with Crippen LogP contribution in [0.2, 0.25) is 0 Å². The first-order valence-corrected chi connectivity index (χ1v) is 9.16. The van der Waals surface area contributed by atoms with Crippen LogP contribution in [0.5, 0.6) is 0 Å². The number of hydrogen-bond acceptors (Lipinski definition) is 5. The normalized spacial score (nSPS) is 18.7. The largest absolute Gasteiger partial charge is 0.344 e. The van der Waals surface area contributed by atoms with Gasteiger partial charge in [-0.05, 0) is 36.5 Å². The van der Waals surface area contributed by atoms with Gasteiger partial charge in [-0.25, -0.2) is 4.98 Å². The molecule has 7 nitrogen and oxygen atoms in total. The van der Waals surface area contributed by atoms with Crippen molar-refractivity contribution in [2.45, 2.75) is 25.3 Å². The first-order chi connectivity index (χ1) is 13.3. The molecule has 2 aliphatic heterocycles. The molecular formula is C20H18N6O. The van der Waals surface area contributed by atoms with Crippen molar-refractivity contribution < 1.29 is 4.79 Å². The summed E-state index contributed by atoms with van der Waals surface area (Å²) in [6, 6.07) is 5.71. The summed E-state index contributed by atoms with van der Waals surface area (Å²) in [5, 5.41) is 9.28. The molecule has 0 aliphatic carbocycles. The zero-order chi connectivity index (χ0) is 18.4. The Hall–Kier alpha value is -3.40. The number of nitrogens with one attached hydrogen (secondary N) is 1. The van der Waals surface area contributed by atoms with E-state index < -0.39 is 0 Å². The van der Waals surface area contributed by atoms with Gasteiger partial charge < -0.3 is 9.88 Å². The average molecular weight is 358 g/mol. The second-order valence-corrected chi connectivity index (χ2v) is 6.95. The molecule has 4 heterocycles. The maximum absolute atomic E-state index is 13.1. The van der Waals surface area contributed by atoms with Crippen molar-refractivity contribution in [2.75, 3.05) is 18.0 Å². The molecule has 7 heteroatoms. The van der Waals surface area contributed by atoms with E-state index in [-0.39, 0.29) is 11.9 Å². The molecule has 1 saturated heterocycles. The summed E-state index contributed by atoms with van der Waals surface area (Å²) in [5.41, 5.74) is 5.77. The van der Waals surface area contributed by atoms with Crippen LogP contribution in [0.1, 0.15) is 18.4 Å². The monoisotopic (exact) mass is 358 g/mol. The number of nitrogens with zero attached hydrogens (tertiary/aromatic N) is 5. The Morgan fingerprint density at radius 2 is 2.11 bits per heavy atom. The van der Waals surface area contributed by atoms with Gasteiger partial charge in [0.05, 0.1) is 0 Å². The van der Waals surface area contributed by atoms with Crippen LogP contribution in [0, 0.1) is 11.5 Å². The lowest BCUT2D eigenvalue weighted by molar-refractivity contribution is -0.121. The highest BCUT2D eigenvalue weighted by atomic mass is 16.2. The SMILES string of the molecule is N#CN1CCC[C@H]1C(=O)N1CCc2c(-c3c[nH]c4nccnc34)cccc21. The van der Waals surface area contributed by atoms with Gasteiger partial charge in [-0.1, -0.05) is 12.1 Å². The lowest BCUT2D eigenvalue weighted by Crippen LogP contribution is -2.43. The zero-order valence-corrected chi connectivity index (χ0v) is 14.7. The van der Waals surface area contributed by atoms with Crippen LogP contribution in [-0.2, 0) is 11.2 Å². The van der Waals surface area contributed by atoms with Crippen LogP contribution in [0.4, 0.5) is 5.69 Å². The molecule has 0 saturated carbocycles. The number of amides is 1. The summed E-state index contributed by atoms with van der Waals surface area (Å²) in [6.07, 6.45) is 9.88. The summed E-state index contributed by atoms with van der Waals surface area (Å²) in [6.45, 7) is 1.32. The zero-order valence-electron chi connectivity index (χ0n) is 14.7. The van der Waals surface area contributed by atoms with E-state index in [0.29, 0.717) is 13.1 Å². The van der Waals surface area contributed by atoms with Crippen LogP contribution in [0.15, 0.2) is 36.8 Å². The standard InChI is InChI=1S/C20H18N6O/c21-12-25-9-2-5-17(25)20(27)26-10-6-14-13(3-1-4-16(14)26)15-11-24-19-18(15)22-7-8-23-19/h1,3-4,7-8,11,17H,2,5-6,9-10H2,(H,23,24)/t17-/m0/s1. The Kier molecular flexibility index (Phi) is 3.57. The van der Waals surface area contributed by atoms with E-state index in [1.54, 1.807) is 17.3 Å². The van der Waals surface area contributed by atoms with Gasteiger partial charge in [-0.3, -0.25) is 14.7 Å². The number of nitriles is 1. The second kappa shape index (κ2) is 6.09. The van der Waals surface area contributed by atoms with Crippen LogP contribution < -0.4 is 4.90 Å². The molecule has 2 aliphatic rings. The van der Waals surface area contributed by atoms with Crippen molar-refractivity contribution in [1.29, 1.82) is 5.26 Å². The molecule has 1 atom stereocenters. The third-order valence-corrected chi connectivity index (χ3v) is 5.56. The van der Waals surface area contributed by atoms with Gasteiger partial charge in [0.15, 0.2) is 11.8 Å². The van der Waals surface area contributed by atoms with E-state index in [1.165, 1.54) is 0 Å². The van der Waals surface area contributed by atoms with Crippen molar-refractivity contribution in [3.63, 3.8) is 0 Å². The number of carbonyl (C=O) groups excluding carboxylic acids is 1. The van der Waals surface area contributed by atoms with E-state index in [4.69, 9.17) is 0 Å². The van der Waals surface area contributed by atoms with Gasteiger partial charge in [0.25, 0.3) is 0 Å². The second-order valence-electron chi connectivity index (χ2n) is 6.95. The summed E-state index contributed by atoms with van der Waals surface area (Å²) < 4.78 is 0. The molecular weight excluding hydrogens is 340 g/mol. The minimum atomic E-state index is -0.330. The number of hydrogen-bond donors (Lipinski definition) is 1. The summed E-state index contributed by atoms with van der Waals surface area (Å²) in [4.78, 5) is 28.5. The van der Waals surface area contributed by atoms with E-state index in [2.05, 4.69) is 27.2 Å². The minimum Gasteiger partial charge on any atom is -0.344 e. The van der Waals surface area contributed by atoms with Crippen LogP contribution in [0.3, 0.4) is 0 Å². The maximum Gasteiger partial charge on any atom is 0.250 e. The number of anilines is 1. The molecule has 1 N–H and O–H groups in total. The molecule has 1 amide bonds. The fourth-order valence-corrected chi connectivity index (χ4v) is 4.29. The Morgan fingerprint density at radius 3 is 3.00 bits per heavy atom. The molecule has 0 radical (unpaired) electrons. The van der Waals surface area contributed by atoms with Crippen molar-refractivity contribution in [1.82, 2.24) is 19.9 Å². The predicted molar refractivity (Wildman–Crippen MR) is 101 cm³/mol. The summed E-state index contributed by atoms with van der Waals surface area (Å²) in [5.74, 6) is 0.0312. The number of fused-ring (bicyclic) bond motifs is 2. The van der Waals surface area contributed by atoms with Crippen molar-refractivity contribution in [2.24, 2.45) is 0 Å². The highest BCUT2D eigenvalue weighted by molar-refractivity contribution is 6.01. The molecule has 0 unspecified atom stereocenters. The molecule has 1 aromatic carbocycles. The number of carbonyl (C=O) groups is 1. The molecule has 0 spiro atoms. The van der Waals surface area contributed by atoms with Crippen molar-refractivity contribution in [3.8, 4) is 17.3 Å². The van der Waals surface area contributed by atoms with Gasteiger partial charge >= 0.3 is 0 Å². The number of likely N-dealkylation sites (tertiary alicyclic amines) is 1. The third kappa shape index (κ3) is 2.37.